The van der Waals surface area contributed by atoms with E-state index in [4.69, 9.17) is 4.74 Å². The van der Waals surface area contributed by atoms with Crippen molar-refractivity contribution in [1.82, 2.24) is 4.90 Å². The number of carbonyl (C=O) groups is 1. The number of thiophene rings is 1. The maximum absolute atomic E-state index is 11.8. The molecular weight excluding hydrogens is 246 g/mol. The minimum absolute atomic E-state index is 0.0952. The Labute approximate surface area is 114 Å². The number of esters is 1. The topological polar surface area (TPSA) is 29.5 Å². The van der Waals surface area contributed by atoms with Gasteiger partial charge in [-0.25, -0.2) is 0 Å². The van der Waals surface area contributed by atoms with Crippen molar-refractivity contribution >= 4 is 17.3 Å². The van der Waals surface area contributed by atoms with Gasteiger partial charge in [0.25, 0.3) is 0 Å². The molecule has 1 aromatic heterocycles. The Morgan fingerprint density at radius 1 is 1.44 bits per heavy atom. The van der Waals surface area contributed by atoms with Crippen LogP contribution in [0, 0.1) is 5.92 Å². The first-order valence-electron chi connectivity index (χ1n) is 6.36. The van der Waals surface area contributed by atoms with Gasteiger partial charge >= 0.3 is 5.97 Å². The first-order chi connectivity index (χ1) is 8.49. The van der Waals surface area contributed by atoms with Crippen molar-refractivity contribution in [3.63, 3.8) is 0 Å². The quantitative estimate of drug-likeness (QED) is 0.711. The van der Waals surface area contributed by atoms with Crippen molar-refractivity contribution in [3.8, 4) is 0 Å². The molecule has 1 rings (SSSR count). The van der Waals surface area contributed by atoms with Crippen LogP contribution in [0.5, 0.6) is 0 Å². The molecule has 0 aliphatic carbocycles. The molecule has 0 aliphatic rings. The summed E-state index contributed by atoms with van der Waals surface area (Å²) >= 11 is 1.65. The van der Waals surface area contributed by atoms with Crippen LogP contribution in [-0.2, 0) is 9.53 Å². The van der Waals surface area contributed by atoms with Crippen molar-refractivity contribution in [1.29, 1.82) is 0 Å². The average molecular weight is 269 g/mol. The highest BCUT2D eigenvalue weighted by Crippen LogP contribution is 2.26. The number of hydrogen-bond donors (Lipinski definition) is 0. The van der Waals surface area contributed by atoms with E-state index >= 15 is 0 Å². The monoisotopic (exact) mass is 269 g/mol. The molecule has 3 nitrogen and oxygen atoms in total. The third kappa shape index (κ3) is 5.65. The number of carbonyl (C=O) groups excluding carboxylic acids is 1. The fourth-order valence-corrected chi connectivity index (χ4v) is 2.44. The van der Waals surface area contributed by atoms with Crippen LogP contribution >= 0.6 is 11.3 Å². The first kappa shape index (κ1) is 15.2. The predicted octanol–water partition coefficient (Wildman–Crippen LogP) is 3.33. The molecule has 0 saturated heterocycles. The van der Waals surface area contributed by atoms with E-state index in [9.17, 15) is 4.79 Å². The minimum atomic E-state index is -0.0985. The molecule has 0 saturated carbocycles. The van der Waals surface area contributed by atoms with Crippen LogP contribution < -0.4 is 0 Å². The Hall–Kier alpha value is -0.870. The summed E-state index contributed by atoms with van der Waals surface area (Å²) in [6, 6.07) is 4.03. The summed E-state index contributed by atoms with van der Waals surface area (Å²) in [5.74, 6) is 0.248. The van der Waals surface area contributed by atoms with Crippen molar-refractivity contribution in [2.75, 3.05) is 20.6 Å². The molecular formula is C14H23NO2S. The Morgan fingerprint density at radius 3 is 2.67 bits per heavy atom. The molecule has 0 spiro atoms. The molecule has 0 fully saturated rings. The highest BCUT2D eigenvalue weighted by atomic mass is 32.1. The van der Waals surface area contributed by atoms with Crippen LogP contribution in [0.1, 0.15) is 37.7 Å². The second-order valence-corrected chi connectivity index (χ2v) is 6.16. The molecule has 0 aromatic carbocycles. The minimum Gasteiger partial charge on any atom is -0.457 e. The van der Waals surface area contributed by atoms with Gasteiger partial charge in [0.2, 0.25) is 0 Å². The van der Waals surface area contributed by atoms with Crippen LogP contribution in [0.25, 0.3) is 0 Å². The third-order valence-corrected chi connectivity index (χ3v) is 3.51. The Kier molecular flexibility index (Phi) is 6.36. The van der Waals surface area contributed by atoms with Crippen LogP contribution in [0.2, 0.25) is 0 Å². The molecule has 1 heterocycles. The van der Waals surface area contributed by atoms with E-state index in [2.05, 4.69) is 4.90 Å². The molecule has 0 aliphatic heterocycles. The van der Waals surface area contributed by atoms with Gasteiger partial charge in [0.05, 0.1) is 0 Å². The van der Waals surface area contributed by atoms with Gasteiger partial charge in [0, 0.05) is 24.3 Å². The van der Waals surface area contributed by atoms with E-state index in [0.29, 0.717) is 12.3 Å². The normalized spacial score (nSPS) is 13.0. The molecule has 0 bridgehead atoms. The highest BCUT2D eigenvalue weighted by Gasteiger charge is 2.18. The van der Waals surface area contributed by atoms with Gasteiger partial charge in [0.1, 0.15) is 6.10 Å². The van der Waals surface area contributed by atoms with Crippen molar-refractivity contribution in [2.45, 2.75) is 32.8 Å². The summed E-state index contributed by atoms with van der Waals surface area (Å²) in [6.45, 7) is 4.97. The summed E-state index contributed by atoms with van der Waals surface area (Å²) in [7, 11) is 4.06. The van der Waals surface area contributed by atoms with Gasteiger partial charge in [-0.05, 0) is 31.5 Å². The van der Waals surface area contributed by atoms with E-state index in [1.54, 1.807) is 11.3 Å². The lowest BCUT2D eigenvalue weighted by Gasteiger charge is -2.19. The van der Waals surface area contributed by atoms with E-state index in [0.717, 1.165) is 17.8 Å². The highest BCUT2D eigenvalue weighted by molar-refractivity contribution is 7.10. The van der Waals surface area contributed by atoms with E-state index < -0.39 is 0 Å². The van der Waals surface area contributed by atoms with Gasteiger partial charge in [-0.2, -0.15) is 0 Å². The number of hydrogen-bond acceptors (Lipinski definition) is 4. The second kappa shape index (κ2) is 7.54. The van der Waals surface area contributed by atoms with Gasteiger partial charge in [-0.3, -0.25) is 4.79 Å². The lowest BCUT2D eigenvalue weighted by molar-refractivity contribution is -0.150. The molecule has 4 heteroatoms. The first-order valence-corrected chi connectivity index (χ1v) is 7.24. The molecule has 102 valence electrons. The summed E-state index contributed by atoms with van der Waals surface area (Å²) in [5, 5.41) is 2.02. The second-order valence-electron chi connectivity index (χ2n) is 5.18. The van der Waals surface area contributed by atoms with E-state index in [-0.39, 0.29) is 12.1 Å². The SMILES string of the molecule is CC(C)CC(=O)OC(CCN(C)C)c1cccs1. The standard InChI is InChI=1S/C14H23NO2S/c1-11(2)10-14(16)17-12(7-8-15(3)4)13-6-5-9-18-13/h5-6,9,11-12H,7-8,10H2,1-4H3. The maximum Gasteiger partial charge on any atom is 0.306 e. The maximum atomic E-state index is 11.8. The lowest BCUT2D eigenvalue weighted by atomic mass is 10.1. The molecule has 0 amide bonds. The Balaban J connectivity index is 2.58. The molecule has 1 aromatic rings. The van der Waals surface area contributed by atoms with E-state index in [1.807, 2.05) is 45.5 Å². The smallest absolute Gasteiger partial charge is 0.306 e. The molecule has 1 atom stereocenters. The predicted molar refractivity (Wildman–Crippen MR) is 75.8 cm³/mol. The van der Waals surface area contributed by atoms with Crippen molar-refractivity contribution < 1.29 is 9.53 Å². The third-order valence-electron chi connectivity index (χ3n) is 2.55. The van der Waals surface area contributed by atoms with Gasteiger partial charge in [-0.15, -0.1) is 11.3 Å². The van der Waals surface area contributed by atoms with Gasteiger partial charge < -0.3 is 9.64 Å². The summed E-state index contributed by atoms with van der Waals surface area (Å²) in [5.41, 5.74) is 0. The van der Waals surface area contributed by atoms with Crippen molar-refractivity contribution in [3.05, 3.63) is 22.4 Å². The molecule has 1 unspecified atom stereocenters. The summed E-state index contributed by atoms with van der Waals surface area (Å²) in [4.78, 5) is 15.0. The van der Waals surface area contributed by atoms with Gasteiger partial charge in [-0.1, -0.05) is 19.9 Å². The zero-order chi connectivity index (χ0) is 13.5. The van der Waals surface area contributed by atoms with Crippen LogP contribution in [0.4, 0.5) is 0 Å². The lowest BCUT2D eigenvalue weighted by Crippen LogP contribution is -2.19. The zero-order valence-electron chi connectivity index (χ0n) is 11.7. The number of rotatable bonds is 7. The molecule has 18 heavy (non-hydrogen) atoms. The Morgan fingerprint density at radius 2 is 2.17 bits per heavy atom. The van der Waals surface area contributed by atoms with Crippen molar-refractivity contribution in [2.24, 2.45) is 5.92 Å². The number of ether oxygens (including phenoxy) is 1. The Bertz CT molecular complexity index is 347. The number of nitrogens with zero attached hydrogens (tertiary/aromatic N) is 1. The zero-order valence-corrected chi connectivity index (χ0v) is 12.5. The van der Waals surface area contributed by atoms with Crippen LogP contribution in [0.3, 0.4) is 0 Å². The molecule has 0 radical (unpaired) electrons. The fraction of sp³-hybridized carbons (Fsp3) is 0.643. The van der Waals surface area contributed by atoms with Crippen LogP contribution in [-0.4, -0.2) is 31.5 Å². The van der Waals surface area contributed by atoms with Gasteiger partial charge in [0.15, 0.2) is 0 Å². The van der Waals surface area contributed by atoms with Crippen LogP contribution in [0.15, 0.2) is 17.5 Å². The molecule has 0 N–H and O–H groups in total. The summed E-state index contributed by atoms with van der Waals surface area (Å²) in [6.07, 6.45) is 1.24. The van der Waals surface area contributed by atoms with E-state index in [1.165, 1.54) is 0 Å². The largest absolute Gasteiger partial charge is 0.457 e. The fourth-order valence-electron chi connectivity index (χ4n) is 1.65. The average Bonchev–Trinajstić information content (AvgIpc) is 2.75. The summed E-state index contributed by atoms with van der Waals surface area (Å²) < 4.78 is 5.60.